The van der Waals surface area contributed by atoms with E-state index >= 15 is 0 Å². The lowest BCUT2D eigenvalue weighted by Gasteiger charge is -2.29. The first-order chi connectivity index (χ1) is 24.0. The van der Waals surface area contributed by atoms with E-state index in [1.165, 1.54) is 13.8 Å². The fourth-order valence-corrected chi connectivity index (χ4v) is 4.67. The minimum Gasteiger partial charge on any atom is -0.481 e. The maximum absolute atomic E-state index is 13.7. The number of hydrogen-bond donors (Lipinski definition) is 10. The number of nitrogens with one attached hydrogen (secondary N) is 6. The molecular weight excluding hydrogens is 686 g/mol. The summed E-state index contributed by atoms with van der Waals surface area (Å²) in [5, 5.41) is 42.1. The molecule has 0 radical (unpaired) electrons. The molecule has 296 valence electrons. The number of amides is 6. The number of carbonyl (C=O) groups is 9. The first-order valence-electron chi connectivity index (χ1n) is 17.3. The van der Waals surface area contributed by atoms with Crippen LogP contribution in [0.1, 0.15) is 93.9 Å². The molecule has 9 atom stereocenters. The van der Waals surface area contributed by atoms with Crippen LogP contribution in [0.15, 0.2) is 0 Å². The molecule has 0 aromatic carbocycles. The SMILES string of the molecule is CC[C@H](C)[C@H](N)C(=O)N[C@@H](CC(=O)O)C(=O)N[C@@H](CCC(=O)O)C(=O)N[C@H](C(=O)N[C@@H](CC(C)C)C(=O)N[C@@H](C)C(=O)N[C@@H](C)C(=O)O)[C@@H](C)CC. The third-order valence-corrected chi connectivity index (χ3v) is 8.47. The zero-order chi connectivity index (χ0) is 40.5. The first kappa shape index (κ1) is 47.2. The van der Waals surface area contributed by atoms with Gasteiger partial charge in [-0.15, -0.1) is 0 Å². The van der Waals surface area contributed by atoms with Crippen molar-refractivity contribution in [3.63, 3.8) is 0 Å². The van der Waals surface area contributed by atoms with E-state index in [1.807, 2.05) is 0 Å². The molecule has 0 aliphatic rings. The predicted octanol–water partition coefficient (Wildman–Crippen LogP) is -1.18. The number of carboxylic acid groups (broad SMARTS) is 3. The number of aliphatic carboxylic acids is 3. The Morgan fingerprint density at radius 2 is 1.02 bits per heavy atom. The molecule has 0 rings (SSSR count). The smallest absolute Gasteiger partial charge is 0.325 e. The summed E-state index contributed by atoms with van der Waals surface area (Å²) in [6.07, 6.45) is -1.00. The lowest BCUT2D eigenvalue weighted by Crippen LogP contribution is -2.61. The van der Waals surface area contributed by atoms with Crippen molar-refractivity contribution >= 4 is 53.4 Å². The van der Waals surface area contributed by atoms with Gasteiger partial charge in [0.2, 0.25) is 35.4 Å². The van der Waals surface area contributed by atoms with Crippen LogP contribution in [0.3, 0.4) is 0 Å². The van der Waals surface area contributed by atoms with Gasteiger partial charge in [0.1, 0.15) is 36.3 Å². The molecule has 0 saturated carbocycles. The average molecular weight is 744 g/mol. The molecule has 0 aromatic heterocycles. The summed E-state index contributed by atoms with van der Waals surface area (Å²) in [7, 11) is 0. The van der Waals surface area contributed by atoms with Crippen LogP contribution in [0.4, 0.5) is 0 Å². The van der Waals surface area contributed by atoms with E-state index in [-0.39, 0.29) is 18.3 Å². The van der Waals surface area contributed by atoms with E-state index in [0.717, 1.165) is 0 Å². The minimum absolute atomic E-state index is 0.104. The highest BCUT2D eigenvalue weighted by molar-refractivity contribution is 5.97. The molecule has 52 heavy (non-hydrogen) atoms. The second-order valence-corrected chi connectivity index (χ2v) is 13.4. The van der Waals surface area contributed by atoms with Gasteiger partial charge in [-0.3, -0.25) is 43.2 Å². The molecule has 0 aromatic rings. The fraction of sp³-hybridized carbons (Fsp3) is 0.727. The average Bonchev–Trinajstić information content (AvgIpc) is 3.05. The van der Waals surface area contributed by atoms with Gasteiger partial charge in [0.15, 0.2) is 0 Å². The summed E-state index contributed by atoms with van der Waals surface area (Å²) in [6.45, 7) is 12.9. The van der Waals surface area contributed by atoms with Crippen LogP contribution in [-0.4, -0.2) is 111 Å². The summed E-state index contributed by atoms with van der Waals surface area (Å²) >= 11 is 0. The predicted molar refractivity (Wildman–Crippen MR) is 186 cm³/mol. The number of nitrogens with two attached hydrogens (primary N) is 1. The molecule has 0 heterocycles. The summed E-state index contributed by atoms with van der Waals surface area (Å²) in [4.78, 5) is 113. The Labute approximate surface area is 303 Å². The number of carboxylic acids is 3. The number of hydrogen-bond acceptors (Lipinski definition) is 10. The van der Waals surface area contributed by atoms with Gasteiger partial charge in [-0.05, 0) is 44.4 Å². The zero-order valence-electron chi connectivity index (χ0n) is 31.1. The van der Waals surface area contributed by atoms with E-state index < -0.39 is 121 Å². The van der Waals surface area contributed by atoms with Gasteiger partial charge >= 0.3 is 17.9 Å². The van der Waals surface area contributed by atoms with Gasteiger partial charge in [-0.25, -0.2) is 0 Å². The maximum Gasteiger partial charge on any atom is 0.325 e. The summed E-state index contributed by atoms with van der Waals surface area (Å²) < 4.78 is 0. The molecule has 0 saturated heterocycles. The van der Waals surface area contributed by atoms with Crippen LogP contribution in [0.2, 0.25) is 0 Å². The van der Waals surface area contributed by atoms with Crippen molar-refractivity contribution in [3.8, 4) is 0 Å². The normalized spacial score (nSPS) is 16.3. The minimum atomic E-state index is -1.68. The molecule has 0 aliphatic carbocycles. The summed E-state index contributed by atoms with van der Waals surface area (Å²) in [5.41, 5.74) is 5.93. The van der Waals surface area contributed by atoms with Gasteiger partial charge in [0.05, 0.1) is 12.5 Å². The van der Waals surface area contributed by atoms with Crippen molar-refractivity contribution in [1.29, 1.82) is 0 Å². The molecule has 0 spiro atoms. The van der Waals surface area contributed by atoms with Gasteiger partial charge < -0.3 is 53.0 Å². The van der Waals surface area contributed by atoms with Crippen LogP contribution >= 0.6 is 0 Å². The summed E-state index contributed by atoms with van der Waals surface area (Å²) in [5.74, 6) is -10.3. The highest BCUT2D eigenvalue weighted by Gasteiger charge is 2.35. The molecule has 0 aliphatic heterocycles. The van der Waals surface area contributed by atoms with Crippen LogP contribution in [0, 0.1) is 17.8 Å². The molecule has 19 nitrogen and oxygen atoms in total. The van der Waals surface area contributed by atoms with Gasteiger partial charge in [-0.2, -0.15) is 0 Å². The maximum atomic E-state index is 13.7. The number of carbonyl (C=O) groups excluding carboxylic acids is 6. The van der Waals surface area contributed by atoms with Crippen LogP contribution in [0.25, 0.3) is 0 Å². The molecule has 0 bridgehead atoms. The van der Waals surface area contributed by atoms with Crippen molar-refractivity contribution in [3.05, 3.63) is 0 Å². The van der Waals surface area contributed by atoms with E-state index in [9.17, 15) is 53.4 Å². The van der Waals surface area contributed by atoms with Gasteiger partial charge in [0, 0.05) is 6.42 Å². The van der Waals surface area contributed by atoms with E-state index in [1.54, 1.807) is 41.5 Å². The Hall–Kier alpha value is -4.81. The zero-order valence-corrected chi connectivity index (χ0v) is 31.1. The Morgan fingerprint density at radius 3 is 1.50 bits per heavy atom. The van der Waals surface area contributed by atoms with E-state index in [0.29, 0.717) is 12.8 Å². The highest BCUT2D eigenvalue weighted by atomic mass is 16.4. The molecule has 11 N–H and O–H groups in total. The lowest BCUT2D eigenvalue weighted by molar-refractivity contribution is -0.142. The largest absolute Gasteiger partial charge is 0.481 e. The molecule has 19 heteroatoms. The van der Waals surface area contributed by atoms with Crippen LogP contribution in [-0.2, 0) is 43.2 Å². The lowest BCUT2D eigenvalue weighted by atomic mass is 9.96. The Balaban J connectivity index is 6.23. The quantitative estimate of drug-likeness (QED) is 0.0558. The Kier molecular flexibility index (Phi) is 20.8. The fourth-order valence-electron chi connectivity index (χ4n) is 4.67. The second-order valence-electron chi connectivity index (χ2n) is 13.4. The third kappa shape index (κ3) is 16.9. The van der Waals surface area contributed by atoms with Crippen molar-refractivity contribution in [1.82, 2.24) is 31.9 Å². The van der Waals surface area contributed by atoms with Crippen molar-refractivity contribution in [2.45, 2.75) is 136 Å². The van der Waals surface area contributed by atoms with Crippen molar-refractivity contribution in [2.24, 2.45) is 23.5 Å². The number of rotatable bonds is 24. The highest BCUT2D eigenvalue weighted by Crippen LogP contribution is 2.13. The second kappa shape index (κ2) is 22.9. The van der Waals surface area contributed by atoms with Gasteiger partial charge in [-0.1, -0.05) is 54.4 Å². The van der Waals surface area contributed by atoms with Gasteiger partial charge in [0.25, 0.3) is 0 Å². The Bertz CT molecular complexity index is 1290. The standard InChI is InChI=1S/C33H57N7O12/c1-9-16(5)25(34)31(49)38-22(14-24(43)44)30(48)37-20(11-12-23(41)42)28(46)40-26(17(6)10-2)32(50)39-21(13-15(3)4)29(47)35-18(7)27(45)36-19(8)33(51)52/h15-22,25-26H,9-14,34H2,1-8H3,(H,35,47)(H,36,45)(H,37,48)(H,38,49)(H,39,50)(H,40,46)(H,41,42)(H,43,44)(H,51,52)/t16-,17-,18-,19-,20-,21-,22-,25-,26-/m0/s1. The third-order valence-electron chi connectivity index (χ3n) is 8.47. The summed E-state index contributed by atoms with van der Waals surface area (Å²) in [6, 6.07) is -9.26. The first-order valence-corrected chi connectivity index (χ1v) is 17.3. The van der Waals surface area contributed by atoms with E-state index in [2.05, 4.69) is 31.9 Å². The van der Waals surface area contributed by atoms with Crippen LogP contribution < -0.4 is 37.6 Å². The molecule has 0 fully saturated rings. The molecule has 0 unspecified atom stereocenters. The topological polar surface area (TPSA) is 313 Å². The molecule has 6 amide bonds. The van der Waals surface area contributed by atoms with Crippen molar-refractivity contribution in [2.75, 3.05) is 0 Å². The van der Waals surface area contributed by atoms with Crippen molar-refractivity contribution < 1.29 is 58.5 Å². The van der Waals surface area contributed by atoms with Crippen LogP contribution in [0.5, 0.6) is 0 Å². The molecular formula is C33H57N7O12. The monoisotopic (exact) mass is 743 g/mol. The Morgan fingerprint density at radius 1 is 0.538 bits per heavy atom. The van der Waals surface area contributed by atoms with E-state index in [4.69, 9.17) is 10.8 Å².